The number of ketones is 1. The molecule has 0 saturated carbocycles. The molecule has 0 aromatic carbocycles. The lowest BCUT2D eigenvalue weighted by atomic mass is 9.95. The molecule has 1 saturated heterocycles. The second-order valence-electron chi connectivity index (χ2n) is 4.88. The number of carbonyl (C=O) groups excluding carboxylic acids is 1. The van der Waals surface area contributed by atoms with Crippen molar-refractivity contribution in [2.24, 2.45) is 0 Å². The normalized spacial score (nSPS) is 26.5. The van der Waals surface area contributed by atoms with Gasteiger partial charge < -0.3 is 5.32 Å². The molecule has 0 bridgehead atoms. The standard InChI is InChI=1S/C13H25NO/c1-3-4-8-13(15)10-9-12-7-5-6-11(2)14-12/h11-12,14H,3-10H2,1-2H3/t11-,12-/m1/s1. The van der Waals surface area contributed by atoms with E-state index in [0.717, 1.165) is 32.1 Å². The minimum Gasteiger partial charge on any atom is -0.311 e. The highest BCUT2D eigenvalue weighted by molar-refractivity contribution is 5.78. The van der Waals surface area contributed by atoms with E-state index in [0.29, 0.717) is 17.9 Å². The van der Waals surface area contributed by atoms with Crippen molar-refractivity contribution in [1.82, 2.24) is 5.32 Å². The predicted molar refractivity (Wildman–Crippen MR) is 64.0 cm³/mol. The quantitative estimate of drug-likeness (QED) is 0.731. The number of Topliss-reactive ketones (excluding diaryl/α,β-unsaturated/α-hetero) is 1. The molecule has 0 aromatic rings. The summed E-state index contributed by atoms with van der Waals surface area (Å²) < 4.78 is 0. The lowest BCUT2D eigenvalue weighted by molar-refractivity contribution is -0.119. The Balaban J connectivity index is 2.10. The Bertz CT molecular complexity index is 191. The van der Waals surface area contributed by atoms with Crippen molar-refractivity contribution in [3.8, 4) is 0 Å². The molecule has 0 amide bonds. The van der Waals surface area contributed by atoms with Gasteiger partial charge in [0.05, 0.1) is 0 Å². The number of piperidine rings is 1. The molecule has 0 aromatic heterocycles. The average molecular weight is 211 g/mol. The maximum atomic E-state index is 11.5. The Labute approximate surface area is 93.8 Å². The molecule has 1 N–H and O–H groups in total. The third kappa shape index (κ3) is 5.31. The van der Waals surface area contributed by atoms with Gasteiger partial charge in [-0.15, -0.1) is 0 Å². The van der Waals surface area contributed by atoms with Gasteiger partial charge >= 0.3 is 0 Å². The minimum atomic E-state index is 0.455. The minimum absolute atomic E-state index is 0.455. The van der Waals surface area contributed by atoms with Gasteiger partial charge in [0.2, 0.25) is 0 Å². The molecule has 2 atom stereocenters. The van der Waals surface area contributed by atoms with Crippen LogP contribution in [0.2, 0.25) is 0 Å². The molecular weight excluding hydrogens is 186 g/mol. The summed E-state index contributed by atoms with van der Waals surface area (Å²) in [6, 6.07) is 1.24. The summed E-state index contributed by atoms with van der Waals surface area (Å²) in [5, 5.41) is 3.58. The maximum Gasteiger partial charge on any atom is 0.132 e. The molecule has 88 valence electrons. The highest BCUT2D eigenvalue weighted by atomic mass is 16.1. The fraction of sp³-hybridized carbons (Fsp3) is 0.923. The van der Waals surface area contributed by atoms with E-state index in [-0.39, 0.29) is 0 Å². The first-order valence-electron chi connectivity index (χ1n) is 6.50. The summed E-state index contributed by atoms with van der Waals surface area (Å²) in [6.07, 6.45) is 8.68. The summed E-state index contributed by atoms with van der Waals surface area (Å²) in [7, 11) is 0. The van der Waals surface area contributed by atoms with Gasteiger partial charge in [-0.1, -0.05) is 19.8 Å². The lowest BCUT2D eigenvalue weighted by Gasteiger charge is -2.28. The van der Waals surface area contributed by atoms with Crippen LogP contribution in [0.4, 0.5) is 0 Å². The molecule has 0 spiro atoms. The van der Waals surface area contributed by atoms with Crippen molar-refractivity contribution in [3.05, 3.63) is 0 Å². The van der Waals surface area contributed by atoms with Crippen LogP contribution in [-0.2, 0) is 4.79 Å². The fourth-order valence-corrected chi connectivity index (χ4v) is 2.30. The van der Waals surface area contributed by atoms with Gasteiger partial charge in [0.1, 0.15) is 5.78 Å². The summed E-state index contributed by atoms with van der Waals surface area (Å²) in [4.78, 5) is 11.5. The third-order valence-electron chi connectivity index (χ3n) is 3.29. The Kier molecular flexibility index (Phi) is 5.92. The first-order chi connectivity index (χ1) is 7.22. The van der Waals surface area contributed by atoms with Gasteiger partial charge in [-0.25, -0.2) is 0 Å². The van der Waals surface area contributed by atoms with Crippen molar-refractivity contribution in [2.75, 3.05) is 0 Å². The number of unbranched alkanes of at least 4 members (excludes halogenated alkanes) is 1. The van der Waals surface area contributed by atoms with Crippen LogP contribution in [0.25, 0.3) is 0 Å². The van der Waals surface area contributed by atoms with Gasteiger partial charge in [0.25, 0.3) is 0 Å². The number of hydrogen-bond donors (Lipinski definition) is 1. The van der Waals surface area contributed by atoms with E-state index in [1.54, 1.807) is 0 Å². The fourth-order valence-electron chi connectivity index (χ4n) is 2.30. The predicted octanol–water partition coefficient (Wildman–Crippen LogP) is 3.06. The number of rotatable bonds is 6. The summed E-state index contributed by atoms with van der Waals surface area (Å²) in [5.74, 6) is 0.455. The van der Waals surface area contributed by atoms with Crippen LogP contribution >= 0.6 is 0 Å². The third-order valence-corrected chi connectivity index (χ3v) is 3.29. The highest BCUT2D eigenvalue weighted by Crippen LogP contribution is 2.16. The second-order valence-corrected chi connectivity index (χ2v) is 4.88. The number of hydrogen-bond acceptors (Lipinski definition) is 2. The van der Waals surface area contributed by atoms with Crippen LogP contribution < -0.4 is 5.32 Å². The molecule has 2 nitrogen and oxygen atoms in total. The SMILES string of the molecule is CCCCC(=O)CC[C@H]1CCC[C@@H](C)N1. The zero-order valence-electron chi connectivity index (χ0n) is 10.2. The van der Waals surface area contributed by atoms with E-state index in [1.165, 1.54) is 19.3 Å². The Morgan fingerprint density at radius 2 is 2.13 bits per heavy atom. The van der Waals surface area contributed by atoms with E-state index < -0.39 is 0 Å². The van der Waals surface area contributed by atoms with E-state index in [2.05, 4.69) is 19.2 Å². The van der Waals surface area contributed by atoms with Crippen molar-refractivity contribution >= 4 is 5.78 Å². The van der Waals surface area contributed by atoms with Crippen LogP contribution in [0.5, 0.6) is 0 Å². The van der Waals surface area contributed by atoms with Gasteiger partial charge in [-0.2, -0.15) is 0 Å². The van der Waals surface area contributed by atoms with Gasteiger partial charge in [0.15, 0.2) is 0 Å². The lowest BCUT2D eigenvalue weighted by Crippen LogP contribution is -2.40. The molecule has 1 rings (SSSR count). The summed E-state index contributed by atoms with van der Waals surface area (Å²) in [6.45, 7) is 4.38. The number of carbonyl (C=O) groups is 1. The van der Waals surface area contributed by atoms with Gasteiger partial charge in [0, 0.05) is 24.9 Å². The van der Waals surface area contributed by atoms with E-state index in [4.69, 9.17) is 0 Å². The van der Waals surface area contributed by atoms with Crippen LogP contribution in [-0.4, -0.2) is 17.9 Å². The van der Waals surface area contributed by atoms with Crippen molar-refractivity contribution in [1.29, 1.82) is 0 Å². The second kappa shape index (κ2) is 7.00. The largest absolute Gasteiger partial charge is 0.311 e. The monoisotopic (exact) mass is 211 g/mol. The van der Waals surface area contributed by atoms with Gasteiger partial charge in [-0.05, 0) is 32.6 Å². The molecular formula is C13H25NO. The van der Waals surface area contributed by atoms with Crippen molar-refractivity contribution < 1.29 is 4.79 Å². The topological polar surface area (TPSA) is 29.1 Å². The van der Waals surface area contributed by atoms with E-state index in [1.807, 2.05) is 0 Å². The molecule has 1 heterocycles. The zero-order valence-corrected chi connectivity index (χ0v) is 10.2. The van der Waals surface area contributed by atoms with E-state index >= 15 is 0 Å². The first-order valence-corrected chi connectivity index (χ1v) is 6.50. The Morgan fingerprint density at radius 3 is 2.80 bits per heavy atom. The summed E-state index contributed by atoms with van der Waals surface area (Å²) >= 11 is 0. The number of nitrogens with one attached hydrogen (secondary N) is 1. The molecule has 15 heavy (non-hydrogen) atoms. The molecule has 1 aliphatic rings. The molecule has 0 aliphatic carbocycles. The molecule has 1 fully saturated rings. The van der Waals surface area contributed by atoms with Crippen LogP contribution in [0, 0.1) is 0 Å². The Hall–Kier alpha value is -0.370. The van der Waals surface area contributed by atoms with E-state index in [9.17, 15) is 4.79 Å². The van der Waals surface area contributed by atoms with Crippen LogP contribution in [0.1, 0.15) is 65.2 Å². The zero-order chi connectivity index (χ0) is 11.1. The molecule has 2 heteroatoms. The molecule has 1 aliphatic heterocycles. The van der Waals surface area contributed by atoms with Crippen LogP contribution in [0.3, 0.4) is 0 Å². The summed E-state index contributed by atoms with van der Waals surface area (Å²) in [5.41, 5.74) is 0. The average Bonchev–Trinajstić information content (AvgIpc) is 2.23. The van der Waals surface area contributed by atoms with Crippen molar-refractivity contribution in [2.45, 2.75) is 77.3 Å². The van der Waals surface area contributed by atoms with Gasteiger partial charge in [-0.3, -0.25) is 4.79 Å². The van der Waals surface area contributed by atoms with Crippen molar-refractivity contribution in [3.63, 3.8) is 0 Å². The first kappa shape index (κ1) is 12.7. The molecule has 0 unspecified atom stereocenters. The highest BCUT2D eigenvalue weighted by Gasteiger charge is 2.17. The molecule has 0 radical (unpaired) electrons. The smallest absolute Gasteiger partial charge is 0.132 e. The maximum absolute atomic E-state index is 11.5. The van der Waals surface area contributed by atoms with Crippen LogP contribution in [0.15, 0.2) is 0 Å². The Morgan fingerprint density at radius 1 is 1.33 bits per heavy atom.